The molecule has 1 aromatic carbocycles. The first-order chi connectivity index (χ1) is 9.08. The molecular weight excluding hydrogens is 240 g/mol. The second-order valence-corrected chi connectivity index (χ2v) is 6.00. The number of carboxylic acid groups (broad SMARTS) is 1. The van der Waals surface area contributed by atoms with Crippen LogP contribution in [0.15, 0.2) is 24.3 Å². The van der Waals surface area contributed by atoms with Crippen LogP contribution in [0.4, 0.5) is 5.69 Å². The second kappa shape index (κ2) is 4.53. The number of anilines is 1. The van der Waals surface area contributed by atoms with Crippen molar-refractivity contribution in [3.63, 3.8) is 0 Å². The highest BCUT2D eigenvalue weighted by Crippen LogP contribution is 2.41. The van der Waals surface area contributed by atoms with Gasteiger partial charge >= 0.3 is 5.97 Å². The summed E-state index contributed by atoms with van der Waals surface area (Å²) >= 11 is 0. The van der Waals surface area contributed by atoms with Gasteiger partial charge in [0.05, 0.1) is 6.54 Å². The Morgan fingerprint density at radius 2 is 2.05 bits per heavy atom. The average Bonchev–Trinajstić information content (AvgIpc) is 2.73. The molecule has 1 aromatic rings. The van der Waals surface area contributed by atoms with Gasteiger partial charge in [-0.15, -0.1) is 0 Å². The molecule has 0 aliphatic carbocycles. The van der Waals surface area contributed by atoms with Crippen LogP contribution in [0.25, 0.3) is 0 Å². The van der Waals surface area contributed by atoms with E-state index in [4.69, 9.17) is 5.11 Å². The molecule has 102 valence electrons. The number of likely N-dealkylation sites (tertiary alicyclic amines) is 1. The van der Waals surface area contributed by atoms with Crippen LogP contribution in [0.1, 0.15) is 12.0 Å². The molecule has 2 aliphatic heterocycles. The van der Waals surface area contributed by atoms with E-state index >= 15 is 0 Å². The Kier molecular flexibility index (Phi) is 2.97. The van der Waals surface area contributed by atoms with Crippen molar-refractivity contribution in [2.45, 2.75) is 13.3 Å². The fourth-order valence-corrected chi connectivity index (χ4v) is 3.52. The maximum atomic E-state index is 10.7. The van der Waals surface area contributed by atoms with Crippen molar-refractivity contribution in [1.82, 2.24) is 4.90 Å². The zero-order valence-corrected chi connectivity index (χ0v) is 11.3. The van der Waals surface area contributed by atoms with Crippen LogP contribution in [0.3, 0.4) is 0 Å². The Hall–Kier alpha value is -1.55. The Bertz CT molecular complexity index is 495. The largest absolute Gasteiger partial charge is 0.480 e. The summed E-state index contributed by atoms with van der Waals surface area (Å²) < 4.78 is 0. The minimum absolute atomic E-state index is 0.187. The SMILES string of the molecule is Cc1ccccc1N1CCC2(CN(CC(=O)O)C2)C1. The maximum Gasteiger partial charge on any atom is 0.317 e. The van der Waals surface area contributed by atoms with Crippen LogP contribution in [0.2, 0.25) is 0 Å². The molecule has 3 rings (SSSR count). The fourth-order valence-electron chi connectivity index (χ4n) is 3.52. The first-order valence-electron chi connectivity index (χ1n) is 6.83. The molecular formula is C15H20N2O2. The highest BCUT2D eigenvalue weighted by Gasteiger charge is 2.47. The van der Waals surface area contributed by atoms with E-state index in [2.05, 4.69) is 36.1 Å². The van der Waals surface area contributed by atoms with Gasteiger partial charge in [0.2, 0.25) is 0 Å². The number of para-hydroxylation sites is 1. The summed E-state index contributed by atoms with van der Waals surface area (Å²) in [5.74, 6) is -0.719. The van der Waals surface area contributed by atoms with E-state index in [9.17, 15) is 4.79 Å². The van der Waals surface area contributed by atoms with Crippen molar-refractivity contribution >= 4 is 11.7 Å². The number of carboxylic acids is 1. The average molecular weight is 260 g/mol. The maximum absolute atomic E-state index is 10.7. The van der Waals surface area contributed by atoms with Crippen molar-refractivity contribution in [2.24, 2.45) is 5.41 Å². The highest BCUT2D eigenvalue weighted by molar-refractivity contribution is 5.69. The van der Waals surface area contributed by atoms with Crippen molar-refractivity contribution in [3.8, 4) is 0 Å². The molecule has 19 heavy (non-hydrogen) atoms. The predicted octanol–water partition coefficient (Wildman–Crippen LogP) is 1.59. The molecule has 1 N–H and O–H groups in total. The lowest BCUT2D eigenvalue weighted by Crippen LogP contribution is -2.58. The summed E-state index contributed by atoms with van der Waals surface area (Å²) in [7, 11) is 0. The minimum atomic E-state index is -0.719. The Balaban J connectivity index is 1.63. The van der Waals surface area contributed by atoms with Crippen LogP contribution in [-0.4, -0.2) is 48.7 Å². The zero-order valence-electron chi connectivity index (χ0n) is 11.3. The molecule has 2 heterocycles. The third kappa shape index (κ3) is 2.32. The summed E-state index contributed by atoms with van der Waals surface area (Å²) in [4.78, 5) is 15.2. The highest BCUT2D eigenvalue weighted by atomic mass is 16.4. The number of aryl methyl sites for hydroxylation is 1. The first kappa shape index (κ1) is 12.5. The lowest BCUT2D eigenvalue weighted by molar-refractivity contribution is -0.141. The molecule has 2 aliphatic rings. The molecule has 0 unspecified atom stereocenters. The summed E-state index contributed by atoms with van der Waals surface area (Å²) in [5, 5.41) is 8.79. The number of nitrogens with zero attached hydrogens (tertiary/aromatic N) is 2. The third-order valence-corrected chi connectivity index (χ3v) is 4.37. The summed E-state index contributed by atoms with van der Waals surface area (Å²) in [5.41, 5.74) is 2.98. The number of aliphatic carboxylic acids is 1. The van der Waals surface area contributed by atoms with Gasteiger partial charge in [-0.1, -0.05) is 18.2 Å². The predicted molar refractivity (Wildman–Crippen MR) is 74.5 cm³/mol. The van der Waals surface area contributed by atoms with Crippen LogP contribution in [0, 0.1) is 12.3 Å². The van der Waals surface area contributed by atoms with Crippen LogP contribution in [-0.2, 0) is 4.79 Å². The minimum Gasteiger partial charge on any atom is -0.480 e. The van der Waals surface area contributed by atoms with Gasteiger partial charge in [-0.2, -0.15) is 0 Å². The number of benzene rings is 1. The van der Waals surface area contributed by atoms with Gasteiger partial charge in [0.25, 0.3) is 0 Å². The second-order valence-electron chi connectivity index (χ2n) is 6.00. The first-order valence-corrected chi connectivity index (χ1v) is 6.83. The van der Waals surface area contributed by atoms with Gasteiger partial charge in [-0.3, -0.25) is 9.69 Å². The smallest absolute Gasteiger partial charge is 0.317 e. The summed E-state index contributed by atoms with van der Waals surface area (Å²) in [6, 6.07) is 8.49. The fraction of sp³-hybridized carbons (Fsp3) is 0.533. The summed E-state index contributed by atoms with van der Waals surface area (Å²) in [6.07, 6.45) is 1.18. The Morgan fingerprint density at radius 3 is 2.74 bits per heavy atom. The van der Waals surface area contributed by atoms with Crippen molar-refractivity contribution in [1.29, 1.82) is 0 Å². The van der Waals surface area contributed by atoms with Gasteiger partial charge in [0.15, 0.2) is 0 Å². The van der Waals surface area contributed by atoms with E-state index in [1.54, 1.807) is 0 Å². The van der Waals surface area contributed by atoms with Crippen LogP contribution >= 0.6 is 0 Å². The third-order valence-electron chi connectivity index (χ3n) is 4.37. The number of hydrogen-bond donors (Lipinski definition) is 1. The molecule has 2 fully saturated rings. The molecule has 1 spiro atoms. The Labute approximate surface area is 113 Å². The zero-order chi connectivity index (χ0) is 13.5. The monoisotopic (exact) mass is 260 g/mol. The summed E-state index contributed by atoms with van der Waals surface area (Å²) in [6.45, 7) is 6.35. The van der Waals surface area contributed by atoms with Crippen LogP contribution in [0.5, 0.6) is 0 Å². The molecule has 0 atom stereocenters. The van der Waals surface area contributed by atoms with E-state index in [0.29, 0.717) is 5.41 Å². The van der Waals surface area contributed by atoms with E-state index in [1.165, 1.54) is 17.7 Å². The van der Waals surface area contributed by atoms with Gasteiger partial charge in [-0.25, -0.2) is 0 Å². The van der Waals surface area contributed by atoms with Gasteiger partial charge < -0.3 is 10.0 Å². The standard InChI is InChI=1S/C15H20N2O2/c1-12-4-2-3-5-13(12)17-7-6-15(11-17)9-16(10-15)8-14(18)19/h2-5H,6-11H2,1H3,(H,18,19). The van der Waals surface area contributed by atoms with Gasteiger partial charge in [-0.05, 0) is 25.0 Å². The number of hydrogen-bond acceptors (Lipinski definition) is 3. The van der Waals surface area contributed by atoms with Crippen molar-refractivity contribution in [3.05, 3.63) is 29.8 Å². The molecule has 2 saturated heterocycles. The molecule has 4 heteroatoms. The topological polar surface area (TPSA) is 43.8 Å². The molecule has 0 bridgehead atoms. The number of rotatable bonds is 3. The van der Waals surface area contributed by atoms with E-state index in [1.807, 2.05) is 4.90 Å². The normalized spacial score (nSPS) is 21.6. The van der Waals surface area contributed by atoms with Crippen molar-refractivity contribution in [2.75, 3.05) is 37.6 Å². The Morgan fingerprint density at radius 1 is 1.32 bits per heavy atom. The van der Waals surface area contributed by atoms with Gasteiger partial charge in [0, 0.05) is 37.3 Å². The molecule has 4 nitrogen and oxygen atoms in total. The molecule has 0 saturated carbocycles. The van der Waals surface area contributed by atoms with Crippen LogP contribution < -0.4 is 4.90 Å². The molecule has 0 aromatic heterocycles. The van der Waals surface area contributed by atoms with Gasteiger partial charge in [0.1, 0.15) is 0 Å². The lowest BCUT2D eigenvalue weighted by Gasteiger charge is -2.47. The van der Waals surface area contributed by atoms with Crippen molar-refractivity contribution < 1.29 is 9.90 Å². The van der Waals surface area contributed by atoms with E-state index in [0.717, 1.165) is 26.2 Å². The van der Waals surface area contributed by atoms with E-state index in [-0.39, 0.29) is 6.54 Å². The quantitative estimate of drug-likeness (QED) is 0.896. The molecule has 0 amide bonds. The number of carbonyl (C=O) groups is 1. The van der Waals surface area contributed by atoms with E-state index < -0.39 is 5.97 Å². The molecule has 0 radical (unpaired) electrons. The lowest BCUT2D eigenvalue weighted by atomic mass is 9.79.